The molecule has 0 saturated heterocycles. The quantitative estimate of drug-likeness (QED) is 0.737. The van der Waals surface area contributed by atoms with Gasteiger partial charge in [-0.1, -0.05) is 50.2 Å². The Labute approximate surface area is 126 Å². The SMILES string of the molecule is COc1cccc(C(C=O)Cc2ccc(C(C)C)cc2)c1. The van der Waals surface area contributed by atoms with Gasteiger partial charge < -0.3 is 9.53 Å². The minimum absolute atomic E-state index is 0.134. The third-order valence-corrected chi connectivity index (χ3v) is 3.79. The first-order valence-corrected chi connectivity index (χ1v) is 7.32. The van der Waals surface area contributed by atoms with E-state index in [0.29, 0.717) is 5.92 Å². The summed E-state index contributed by atoms with van der Waals surface area (Å²) in [5.41, 5.74) is 3.50. The monoisotopic (exact) mass is 282 g/mol. The lowest BCUT2D eigenvalue weighted by molar-refractivity contribution is -0.109. The molecule has 21 heavy (non-hydrogen) atoms. The molecule has 0 N–H and O–H groups in total. The second-order valence-corrected chi connectivity index (χ2v) is 5.62. The van der Waals surface area contributed by atoms with Crippen LogP contribution in [0.5, 0.6) is 5.75 Å². The highest BCUT2D eigenvalue weighted by molar-refractivity contribution is 5.63. The molecule has 2 aromatic carbocycles. The maximum Gasteiger partial charge on any atom is 0.127 e. The zero-order chi connectivity index (χ0) is 15.2. The molecule has 110 valence electrons. The van der Waals surface area contributed by atoms with Gasteiger partial charge in [-0.25, -0.2) is 0 Å². The summed E-state index contributed by atoms with van der Waals surface area (Å²) in [6.07, 6.45) is 1.74. The largest absolute Gasteiger partial charge is 0.497 e. The summed E-state index contributed by atoms with van der Waals surface area (Å²) in [5, 5.41) is 0. The van der Waals surface area contributed by atoms with Gasteiger partial charge in [0.2, 0.25) is 0 Å². The molecule has 0 aliphatic rings. The first kappa shape index (κ1) is 15.3. The van der Waals surface area contributed by atoms with Gasteiger partial charge in [0.25, 0.3) is 0 Å². The lowest BCUT2D eigenvalue weighted by atomic mass is 9.92. The van der Waals surface area contributed by atoms with Gasteiger partial charge in [0, 0.05) is 5.92 Å². The summed E-state index contributed by atoms with van der Waals surface area (Å²) in [6, 6.07) is 16.2. The van der Waals surface area contributed by atoms with Crippen molar-refractivity contribution in [2.24, 2.45) is 0 Å². The number of benzene rings is 2. The molecule has 0 amide bonds. The van der Waals surface area contributed by atoms with Gasteiger partial charge in [0.15, 0.2) is 0 Å². The Balaban J connectivity index is 2.16. The Morgan fingerprint density at radius 2 is 1.76 bits per heavy atom. The fourth-order valence-corrected chi connectivity index (χ4v) is 2.41. The molecular formula is C19H22O2. The normalized spacial score (nSPS) is 12.2. The van der Waals surface area contributed by atoms with Crippen LogP contribution in [0, 0.1) is 0 Å². The van der Waals surface area contributed by atoms with Crippen molar-refractivity contribution >= 4 is 6.29 Å². The summed E-state index contributed by atoms with van der Waals surface area (Å²) in [6.45, 7) is 4.36. The molecule has 0 fully saturated rings. The van der Waals surface area contributed by atoms with Crippen molar-refractivity contribution < 1.29 is 9.53 Å². The van der Waals surface area contributed by atoms with Gasteiger partial charge in [-0.3, -0.25) is 0 Å². The highest BCUT2D eigenvalue weighted by Crippen LogP contribution is 2.24. The van der Waals surface area contributed by atoms with Crippen LogP contribution in [0.3, 0.4) is 0 Å². The zero-order valence-electron chi connectivity index (χ0n) is 12.9. The summed E-state index contributed by atoms with van der Waals surface area (Å²) in [4.78, 5) is 11.4. The van der Waals surface area contributed by atoms with E-state index in [0.717, 1.165) is 24.0 Å². The minimum Gasteiger partial charge on any atom is -0.497 e. The van der Waals surface area contributed by atoms with Crippen molar-refractivity contribution in [2.45, 2.75) is 32.1 Å². The van der Waals surface area contributed by atoms with Crippen LogP contribution in [0.1, 0.15) is 42.4 Å². The number of rotatable bonds is 6. The lowest BCUT2D eigenvalue weighted by Crippen LogP contribution is -2.05. The van der Waals surface area contributed by atoms with Crippen LogP contribution in [-0.4, -0.2) is 13.4 Å². The Kier molecular flexibility index (Phi) is 5.15. The summed E-state index contributed by atoms with van der Waals surface area (Å²) >= 11 is 0. The average molecular weight is 282 g/mol. The van der Waals surface area contributed by atoms with E-state index in [1.807, 2.05) is 24.3 Å². The van der Waals surface area contributed by atoms with E-state index in [-0.39, 0.29) is 5.92 Å². The lowest BCUT2D eigenvalue weighted by Gasteiger charge is -2.13. The Morgan fingerprint density at radius 1 is 1.05 bits per heavy atom. The molecular weight excluding hydrogens is 260 g/mol. The van der Waals surface area contributed by atoms with Crippen LogP contribution in [-0.2, 0) is 11.2 Å². The number of hydrogen-bond donors (Lipinski definition) is 0. The molecule has 0 bridgehead atoms. The minimum atomic E-state index is -0.134. The van der Waals surface area contributed by atoms with E-state index >= 15 is 0 Å². The van der Waals surface area contributed by atoms with Crippen LogP contribution in [0.2, 0.25) is 0 Å². The molecule has 2 nitrogen and oxygen atoms in total. The predicted octanol–water partition coefficient (Wildman–Crippen LogP) is 4.34. The van der Waals surface area contributed by atoms with Crippen molar-refractivity contribution in [2.75, 3.05) is 7.11 Å². The van der Waals surface area contributed by atoms with E-state index in [9.17, 15) is 4.79 Å². The molecule has 0 aliphatic heterocycles. The topological polar surface area (TPSA) is 26.3 Å². The number of methoxy groups -OCH3 is 1. The van der Waals surface area contributed by atoms with Crippen LogP contribution < -0.4 is 4.74 Å². The molecule has 0 heterocycles. The molecule has 0 spiro atoms. The number of carbonyl (C=O) groups is 1. The van der Waals surface area contributed by atoms with Crippen molar-refractivity contribution in [1.29, 1.82) is 0 Å². The Bertz CT molecular complexity index is 585. The molecule has 0 aliphatic carbocycles. The van der Waals surface area contributed by atoms with Gasteiger partial charge in [0.05, 0.1) is 7.11 Å². The van der Waals surface area contributed by atoms with E-state index in [2.05, 4.69) is 38.1 Å². The highest BCUT2D eigenvalue weighted by Gasteiger charge is 2.12. The molecule has 2 heteroatoms. The second-order valence-electron chi connectivity index (χ2n) is 5.62. The first-order chi connectivity index (χ1) is 10.1. The van der Waals surface area contributed by atoms with Crippen molar-refractivity contribution in [3.05, 3.63) is 65.2 Å². The Hall–Kier alpha value is -2.09. The second kappa shape index (κ2) is 7.07. The van der Waals surface area contributed by atoms with Gasteiger partial charge >= 0.3 is 0 Å². The first-order valence-electron chi connectivity index (χ1n) is 7.32. The summed E-state index contributed by atoms with van der Waals surface area (Å²) in [5.74, 6) is 1.18. The van der Waals surface area contributed by atoms with Crippen LogP contribution in [0.4, 0.5) is 0 Å². The molecule has 1 atom stereocenters. The molecule has 0 saturated carbocycles. The number of aldehydes is 1. The van der Waals surface area contributed by atoms with Gasteiger partial charge in [-0.2, -0.15) is 0 Å². The zero-order valence-corrected chi connectivity index (χ0v) is 12.9. The van der Waals surface area contributed by atoms with E-state index in [1.165, 1.54) is 11.1 Å². The van der Waals surface area contributed by atoms with Crippen LogP contribution in [0.25, 0.3) is 0 Å². The molecule has 0 aromatic heterocycles. The summed E-state index contributed by atoms with van der Waals surface area (Å²) < 4.78 is 5.23. The van der Waals surface area contributed by atoms with E-state index < -0.39 is 0 Å². The van der Waals surface area contributed by atoms with Crippen molar-refractivity contribution in [3.8, 4) is 5.75 Å². The van der Waals surface area contributed by atoms with Crippen LogP contribution in [0.15, 0.2) is 48.5 Å². The third-order valence-electron chi connectivity index (χ3n) is 3.79. The van der Waals surface area contributed by atoms with Gasteiger partial charge in [-0.15, -0.1) is 0 Å². The Morgan fingerprint density at radius 3 is 2.33 bits per heavy atom. The maximum absolute atomic E-state index is 11.4. The van der Waals surface area contributed by atoms with Crippen LogP contribution >= 0.6 is 0 Å². The fraction of sp³-hybridized carbons (Fsp3) is 0.316. The average Bonchev–Trinajstić information content (AvgIpc) is 2.53. The highest BCUT2D eigenvalue weighted by atomic mass is 16.5. The number of hydrogen-bond acceptors (Lipinski definition) is 2. The fourth-order valence-electron chi connectivity index (χ4n) is 2.41. The van der Waals surface area contributed by atoms with E-state index in [1.54, 1.807) is 7.11 Å². The van der Waals surface area contributed by atoms with E-state index in [4.69, 9.17) is 4.74 Å². The molecule has 2 aromatic rings. The molecule has 1 unspecified atom stereocenters. The van der Waals surface area contributed by atoms with Gasteiger partial charge in [0.1, 0.15) is 12.0 Å². The van der Waals surface area contributed by atoms with Crippen molar-refractivity contribution in [3.63, 3.8) is 0 Å². The van der Waals surface area contributed by atoms with Crippen molar-refractivity contribution in [1.82, 2.24) is 0 Å². The molecule has 2 rings (SSSR count). The number of ether oxygens (including phenoxy) is 1. The smallest absolute Gasteiger partial charge is 0.127 e. The standard InChI is InChI=1S/C19H22O2/c1-14(2)16-9-7-15(8-10-16)11-18(13-20)17-5-4-6-19(12-17)21-3/h4-10,12-14,18H,11H2,1-3H3. The molecule has 0 radical (unpaired) electrons. The maximum atomic E-state index is 11.4. The predicted molar refractivity (Wildman–Crippen MR) is 86.0 cm³/mol. The third kappa shape index (κ3) is 3.94. The van der Waals surface area contributed by atoms with Gasteiger partial charge in [-0.05, 0) is 41.2 Å². The summed E-state index contributed by atoms with van der Waals surface area (Å²) in [7, 11) is 1.64. The number of carbonyl (C=O) groups excluding carboxylic acids is 1.